The highest BCUT2D eigenvalue weighted by Crippen LogP contribution is 2.36. The van der Waals surface area contributed by atoms with Gasteiger partial charge < -0.3 is 9.31 Å². The first-order valence-electron chi connectivity index (χ1n) is 12.1. The van der Waals surface area contributed by atoms with Gasteiger partial charge in [0.15, 0.2) is 17.5 Å². The van der Waals surface area contributed by atoms with Gasteiger partial charge in [-0.05, 0) is 40.1 Å². The molecule has 0 saturated carbocycles. The van der Waals surface area contributed by atoms with E-state index in [1.165, 1.54) is 0 Å². The first-order valence-corrected chi connectivity index (χ1v) is 12.1. The highest BCUT2D eigenvalue weighted by molar-refractivity contribution is 6.62. The number of allylic oxidation sites excluding steroid dienone is 1. The summed E-state index contributed by atoms with van der Waals surface area (Å²) >= 11 is 0. The van der Waals surface area contributed by atoms with Crippen molar-refractivity contribution in [1.82, 2.24) is 15.0 Å². The van der Waals surface area contributed by atoms with E-state index in [1.807, 2.05) is 91.9 Å². The second kappa shape index (κ2) is 11.6. The minimum Gasteiger partial charge on any atom is -0.399 e. The van der Waals surface area contributed by atoms with Gasteiger partial charge in [0.05, 0.1) is 11.2 Å². The summed E-state index contributed by atoms with van der Waals surface area (Å²) in [6.45, 7) is 13.5. The minimum absolute atomic E-state index is 0. The SMILES string of the molecule is C.C=CC.CC1(C)OB(c2ccc(-c3nc(-c4ccccc4)nc(-c4ccccc4)n3)cc2)OC1(C)C. The van der Waals surface area contributed by atoms with Crippen LogP contribution in [-0.4, -0.2) is 33.3 Å². The lowest BCUT2D eigenvalue weighted by atomic mass is 9.79. The van der Waals surface area contributed by atoms with E-state index in [0.29, 0.717) is 17.5 Å². The smallest absolute Gasteiger partial charge is 0.399 e. The van der Waals surface area contributed by atoms with E-state index in [9.17, 15) is 0 Å². The van der Waals surface area contributed by atoms with Crippen LogP contribution in [0.25, 0.3) is 34.2 Å². The van der Waals surface area contributed by atoms with E-state index in [0.717, 1.165) is 22.2 Å². The molecule has 0 N–H and O–H groups in total. The van der Waals surface area contributed by atoms with Gasteiger partial charge in [0, 0.05) is 16.7 Å². The Morgan fingerprint density at radius 3 is 1.30 bits per heavy atom. The summed E-state index contributed by atoms with van der Waals surface area (Å²) in [5.74, 6) is 1.92. The fraction of sp³-hybridized carbons (Fsp3) is 0.258. The molecule has 1 aliphatic heterocycles. The molecule has 1 fully saturated rings. The molecular formula is C31H36BN3O2. The van der Waals surface area contributed by atoms with E-state index in [-0.39, 0.29) is 18.6 Å². The van der Waals surface area contributed by atoms with Crippen LogP contribution in [0.4, 0.5) is 0 Å². The van der Waals surface area contributed by atoms with E-state index in [4.69, 9.17) is 24.3 Å². The van der Waals surface area contributed by atoms with Gasteiger partial charge in [0.1, 0.15) is 0 Å². The maximum absolute atomic E-state index is 6.19. The van der Waals surface area contributed by atoms with Gasteiger partial charge in [-0.15, -0.1) is 6.58 Å². The fourth-order valence-electron chi connectivity index (χ4n) is 3.71. The largest absolute Gasteiger partial charge is 0.494 e. The van der Waals surface area contributed by atoms with E-state index >= 15 is 0 Å². The minimum atomic E-state index is -0.401. The monoisotopic (exact) mass is 493 g/mol. The van der Waals surface area contributed by atoms with Crippen molar-refractivity contribution in [2.75, 3.05) is 0 Å². The third-order valence-electron chi connectivity index (χ3n) is 6.39. The average molecular weight is 493 g/mol. The lowest BCUT2D eigenvalue weighted by Gasteiger charge is -2.32. The molecule has 190 valence electrons. The summed E-state index contributed by atoms with van der Waals surface area (Å²) in [6, 6.07) is 28.0. The van der Waals surface area contributed by atoms with Crippen molar-refractivity contribution in [1.29, 1.82) is 0 Å². The van der Waals surface area contributed by atoms with Crippen LogP contribution >= 0.6 is 0 Å². The molecule has 6 heteroatoms. The van der Waals surface area contributed by atoms with Crippen LogP contribution in [-0.2, 0) is 9.31 Å². The zero-order valence-electron chi connectivity index (χ0n) is 21.6. The quantitative estimate of drug-likeness (QED) is 0.226. The molecule has 0 spiro atoms. The van der Waals surface area contributed by atoms with Crippen LogP contribution < -0.4 is 5.46 Å². The molecule has 0 amide bonds. The first-order chi connectivity index (χ1) is 17.2. The van der Waals surface area contributed by atoms with Gasteiger partial charge in [-0.1, -0.05) is 98.4 Å². The molecule has 3 aromatic carbocycles. The Balaban J connectivity index is 0.000000908. The molecule has 0 aliphatic carbocycles. The number of hydrogen-bond donors (Lipinski definition) is 0. The molecule has 0 unspecified atom stereocenters. The summed E-state index contributed by atoms with van der Waals surface area (Å²) in [6.07, 6.45) is 1.75. The third-order valence-corrected chi connectivity index (χ3v) is 6.39. The summed E-state index contributed by atoms with van der Waals surface area (Å²) in [7, 11) is -0.401. The normalized spacial score (nSPS) is 15.2. The molecule has 1 saturated heterocycles. The first kappa shape index (κ1) is 28.0. The number of rotatable bonds is 4. The van der Waals surface area contributed by atoms with Crippen LogP contribution in [0.2, 0.25) is 0 Å². The van der Waals surface area contributed by atoms with E-state index in [1.54, 1.807) is 6.08 Å². The highest BCUT2D eigenvalue weighted by Gasteiger charge is 2.51. The fourth-order valence-corrected chi connectivity index (χ4v) is 3.71. The molecular weight excluding hydrogens is 457 g/mol. The van der Waals surface area contributed by atoms with Crippen LogP contribution in [0, 0.1) is 0 Å². The highest BCUT2D eigenvalue weighted by atomic mass is 16.7. The molecule has 2 heterocycles. The van der Waals surface area contributed by atoms with Crippen molar-refractivity contribution in [3.63, 3.8) is 0 Å². The third kappa shape index (κ3) is 6.21. The lowest BCUT2D eigenvalue weighted by Crippen LogP contribution is -2.41. The van der Waals surface area contributed by atoms with Crippen molar-refractivity contribution < 1.29 is 9.31 Å². The van der Waals surface area contributed by atoms with Crippen molar-refractivity contribution in [2.45, 2.75) is 53.2 Å². The van der Waals surface area contributed by atoms with Gasteiger partial charge in [0.2, 0.25) is 0 Å². The molecule has 0 bridgehead atoms. The Hall–Kier alpha value is -3.61. The van der Waals surface area contributed by atoms with E-state index in [2.05, 4.69) is 34.3 Å². The predicted octanol–water partition coefficient (Wildman–Crippen LogP) is 7.00. The molecule has 5 nitrogen and oxygen atoms in total. The standard InChI is InChI=1S/C27H26BN3O2.C3H6.CH4/c1-26(2)27(3,4)33-28(32-26)22-17-15-21(16-18-22)25-30-23(19-11-7-5-8-12-19)29-24(31-25)20-13-9-6-10-14-20;1-3-2;/h5-18H,1-4H3;3H,1H2,2H3;1H4. The number of benzene rings is 3. The summed E-state index contributed by atoms with van der Waals surface area (Å²) < 4.78 is 12.4. The molecule has 5 rings (SSSR count). The topological polar surface area (TPSA) is 57.1 Å². The summed E-state index contributed by atoms with van der Waals surface area (Å²) in [5, 5.41) is 0. The molecule has 0 atom stereocenters. The molecule has 1 aromatic heterocycles. The van der Waals surface area contributed by atoms with Crippen LogP contribution in [0.1, 0.15) is 42.0 Å². The van der Waals surface area contributed by atoms with E-state index < -0.39 is 7.12 Å². The number of nitrogens with zero attached hydrogens (tertiary/aromatic N) is 3. The Morgan fingerprint density at radius 2 is 0.946 bits per heavy atom. The van der Waals surface area contributed by atoms with Crippen LogP contribution in [0.3, 0.4) is 0 Å². The van der Waals surface area contributed by atoms with Gasteiger partial charge in [0.25, 0.3) is 0 Å². The Kier molecular flexibility index (Phi) is 8.79. The number of aromatic nitrogens is 3. The Bertz CT molecular complexity index is 1230. The molecule has 37 heavy (non-hydrogen) atoms. The predicted molar refractivity (Wildman–Crippen MR) is 154 cm³/mol. The zero-order valence-corrected chi connectivity index (χ0v) is 21.6. The maximum Gasteiger partial charge on any atom is 0.494 e. The van der Waals surface area contributed by atoms with Gasteiger partial charge >= 0.3 is 7.12 Å². The molecule has 4 aromatic rings. The second-order valence-corrected chi connectivity index (χ2v) is 9.66. The molecule has 0 radical (unpaired) electrons. The average Bonchev–Trinajstić information content (AvgIpc) is 3.12. The van der Waals surface area contributed by atoms with Crippen molar-refractivity contribution in [2.24, 2.45) is 0 Å². The summed E-state index contributed by atoms with van der Waals surface area (Å²) in [5.41, 5.74) is 3.03. The molecule has 1 aliphatic rings. The van der Waals surface area contributed by atoms with Gasteiger partial charge in [-0.2, -0.15) is 0 Å². The Labute approximate surface area is 221 Å². The second-order valence-electron chi connectivity index (χ2n) is 9.66. The van der Waals surface area contributed by atoms with Crippen molar-refractivity contribution in [3.05, 3.63) is 97.6 Å². The van der Waals surface area contributed by atoms with Crippen LogP contribution in [0.15, 0.2) is 97.6 Å². The van der Waals surface area contributed by atoms with Gasteiger partial charge in [-0.3, -0.25) is 0 Å². The number of hydrogen-bond acceptors (Lipinski definition) is 5. The lowest BCUT2D eigenvalue weighted by molar-refractivity contribution is 0.00578. The Morgan fingerprint density at radius 1 is 0.622 bits per heavy atom. The zero-order chi connectivity index (χ0) is 25.8. The van der Waals surface area contributed by atoms with Crippen molar-refractivity contribution >= 4 is 12.6 Å². The maximum atomic E-state index is 6.19. The van der Waals surface area contributed by atoms with Crippen molar-refractivity contribution in [3.8, 4) is 34.2 Å². The van der Waals surface area contributed by atoms with Gasteiger partial charge in [-0.25, -0.2) is 15.0 Å². The van der Waals surface area contributed by atoms with Crippen LogP contribution in [0.5, 0.6) is 0 Å². The summed E-state index contributed by atoms with van der Waals surface area (Å²) in [4.78, 5) is 14.3.